The van der Waals surface area contributed by atoms with Crippen molar-refractivity contribution >= 4 is 28.1 Å². The lowest BCUT2D eigenvalue weighted by atomic mass is 9.92. The lowest BCUT2D eigenvalue weighted by Gasteiger charge is -2.27. The molecule has 0 amide bonds. The monoisotopic (exact) mass is 458 g/mol. The number of hydrogen-bond donors (Lipinski definition) is 1. The topological polar surface area (TPSA) is 80.2 Å². The number of carbonyl (C=O) groups is 1. The lowest BCUT2D eigenvalue weighted by Crippen LogP contribution is -2.22. The van der Waals surface area contributed by atoms with Gasteiger partial charge in [0.25, 0.3) is 5.56 Å². The first-order valence-electron chi connectivity index (χ1n) is 12.5. The minimum atomic E-state index is -0.167. The molecule has 3 aliphatic rings. The number of likely N-dealkylation sites (tertiary alicyclic amines) is 1. The fourth-order valence-electron chi connectivity index (χ4n) is 5.83. The Bertz CT molecular complexity index is 1370. The summed E-state index contributed by atoms with van der Waals surface area (Å²) in [5, 5.41) is 6.17. The maximum atomic E-state index is 12.8. The van der Waals surface area contributed by atoms with E-state index in [1.807, 2.05) is 10.7 Å². The Labute approximate surface area is 198 Å². The number of fused-ring (bicyclic) bond motifs is 3. The number of benzene rings is 1. The summed E-state index contributed by atoms with van der Waals surface area (Å²) >= 11 is 0. The second-order valence-corrected chi connectivity index (χ2v) is 9.65. The highest BCUT2D eigenvalue weighted by Gasteiger charge is 2.23. The number of nitrogens with one attached hydrogen (secondary N) is 1. The normalized spacial score (nSPS) is 19.6. The van der Waals surface area contributed by atoms with Crippen LogP contribution in [0, 0.1) is 0 Å². The third-order valence-electron chi connectivity index (χ3n) is 7.59. The second kappa shape index (κ2) is 8.87. The Balaban J connectivity index is 1.50. The molecule has 0 unspecified atom stereocenters. The number of carbonyl (C=O) groups excluding carboxylic acids is 1. The fourth-order valence-corrected chi connectivity index (χ4v) is 5.83. The van der Waals surface area contributed by atoms with E-state index in [0.29, 0.717) is 36.1 Å². The van der Waals surface area contributed by atoms with Crippen LogP contribution >= 0.6 is 0 Å². The Hall–Kier alpha value is -3.19. The molecule has 3 aromatic rings. The molecular formula is C27H30N4O3. The van der Waals surface area contributed by atoms with E-state index in [2.05, 4.69) is 33.2 Å². The number of pyridine rings is 1. The number of hydrogen-bond acceptors (Lipinski definition) is 5. The minimum absolute atomic E-state index is 0.167. The van der Waals surface area contributed by atoms with E-state index in [1.54, 1.807) is 6.20 Å². The van der Waals surface area contributed by atoms with E-state index in [9.17, 15) is 9.59 Å². The van der Waals surface area contributed by atoms with Gasteiger partial charge >= 0.3 is 0 Å². The van der Waals surface area contributed by atoms with E-state index < -0.39 is 0 Å². The molecule has 2 saturated heterocycles. The van der Waals surface area contributed by atoms with Crippen LogP contribution < -0.4 is 5.56 Å². The van der Waals surface area contributed by atoms with Crippen molar-refractivity contribution in [1.82, 2.24) is 19.7 Å². The quantitative estimate of drug-likeness (QED) is 0.577. The van der Waals surface area contributed by atoms with E-state index in [4.69, 9.17) is 4.74 Å². The molecule has 2 aromatic heterocycles. The number of aromatic nitrogens is 3. The zero-order valence-electron chi connectivity index (χ0n) is 19.4. The minimum Gasteiger partial charge on any atom is -0.381 e. The Kier molecular flexibility index (Phi) is 5.57. The van der Waals surface area contributed by atoms with Crippen molar-refractivity contribution in [3.8, 4) is 0 Å². The molecule has 2 aliphatic heterocycles. The van der Waals surface area contributed by atoms with Crippen molar-refractivity contribution in [3.05, 3.63) is 63.2 Å². The zero-order chi connectivity index (χ0) is 23.1. The van der Waals surface area contributed by atoms with Crippen molar-refractivity contribution < 1.29 is 9.53 Å². The summed E-state index contributed by atoms with van der Waals surface area (Å²) in [6.07, 6.45) is 14.2. The predicted octanol–water partition coefficient (Wildman–Crippen LogP) is 4.28. The van der Waals surface area contributed by atoms with Gasteiger partial charge in [-0.25, -0.2) is 0 Å². The van der Waals surface area contributed by atoms with Gasteiger partial charge in [0.05, 0.1) is 28.7 Å². The zero-order valence-corrected chi connectivity index (χ0v) is 19.4. The number of H-pyrrole nitrogens is 1. The first kappa shape index (κ1) is 21.4. The molecule has 6 rings (SSSR count). The molecular weight excluding hydrogens is 428 g/mol. The van der Waals surface area contributed by atoms with Crippen molar-refractivity contribution in [3.63, 3.8) is 0 Å². The number of aldehydes is 1. The van der Waals surface area contributed by atoms with Crippen LogP contribution in [-0.4, -0.2) is 52.3 Å². The van der Waals surface area contributed by atoms with E-state index in [0.717, 1.165) is 61.5 Å². The molecule has 34 heavy (non-hydrogen) atoms. The molecule has 2 fully saturated rings. The molecule has 0 atom stereocenters. The number of nitrogens with zero attached hydrogens (tertiary/aromatic N) is 3. The van der Waals surface area contributed by atoms with Crippen LogP contribution in [-0.2, 0) is 11.2 Å². The maximum absolute atomic E-state index is 12.8. The third kappa shape index (κ3) is 3.68. The molecule has 0 bridgehead atoms. The summed E-state index contributed by atoms with van der Waals surface area (Å²) in [5.41, 5.74) is 5.73. The molecule has 1 aliphatic carbocycles. The summed E-state index contributed by atoms with van der Waals surface area (Å²) in [6, 6.07) is 4.14. The van der Waals surface area contributed by atoms with Crippen LogP contribution in [0.1, 0.15) is 60.5 Å². The van der Waals surface area contributed by atoms with Crippen LogP contribution in [0.2, 0.25) is 0 Å². The van der Waals surface area contributed by atoms with Crippen molar-refractivity contribution in [2.24, 2.45) is 0 Å². The van der Waals surface area contributed by atoms with Crippen LogP contribution in [0.5, 0.6) is 0 Å². The molecule has 0 radical (unpaired) electrons. The lowest BCUT2D eigenvalue weighted by molar-refractivity contribution is 0.0675. The van der Waals surface area contributed by atoms with E-state index in [-0.39, 0.29) is 11.6 Å². The first-order chi connectivity index (χ1) is 16.7. The molecule has 4 heterocycles. The summed E-state index contributed by atoms with van der Waals surface area (Å²) in [6.45, 7) is 3.65. The van der Waals surface area contributed by atoms with Gasteiger partial charge in [0, 0.05) is 42.9 Å². The van der Waals surface area contributed by atoms with Gasteiger partial charge in [0.15, 0.2) is 0 Å². The molecule has 1 N–H and O–H groups in total. The Morgan fingerprint density at radius 2 is 1.97 bits per heavy atom. The predicted molar refractivity (Wildman–Crippen MR) is 132 cm³/mol. The largest absolute Gasteiger partial charge is 0.381 e. The van der Waals surface area contributed by atoms with Crippen LogP contribution in [0.3, 0.4) is 0 Å². The standard InChI is InChI=1S/C27H30N4O3/c32-17-20-15-24-22(14-19(20)13-18-5-1-2-6-25(18)30-9-3-4-10-30)26-23(27(33)29-24)16-28-31(26)21-7-11-34-12-8-21/h1,5,14-17,21H,2-4,6-13H2,(H,29,33). The summed E-state index contributed by atoms with van der Waals surface area (Å²) in [5.74, 6) is 0. The number of allylic oxidation sites excluding steroid dienone is 4. The van der Waals surface area contributed by atoms with Crippen LogP contribution in [0.4, 0.5) is 0 Å². The van der Waals surface area contributed by atoms with Gasteiger partial charge in [-0.3, -0.25) is 14.3 Å². The summed E-state index contributed by atoms with van der Waals surface area (Å²) < 4.78 is 7.55. The highest BCUT2D eigenvalue weighted by molar-refractivity contribution is 6.05. The number of aromatic amines is 1. The Morgan fingerprint density at radius 3 is 2.76 bits per heavy atom. The second-order valence-electron chi connectivity index (χ2n) is 9.65. The van der Waals surface area contributed by atoms with Gasteiger partial charge in [-0.05, 0) is 68.2 Å². The van der Waals surface area contributed by atoms with Gasteiger partial charge in [-0.1, -0.05) is 12.2 Å². The highest BCUT2D eigenvalue weighted by Crippen LogP contribution is 2.32. The number of rotatable bonds is 5. The molecule has 0 saturated carbocycles. The molecule has 7 nitrogen and oxygen atoms in total. The highest BCUT2D eigenvalue weighted by atomic mass is 16.5. The average molecular weight is 459 g/mol. The third-order valence-corrected chi connectivity index (χ3v) is 7.59. The van der Waals surface area contributed by atoms with E-state index >= 15 is 0 Å². The van der Waals surface area contributed by atoms with Gasteiger partial charge in [0.2, 0.25) is 0 Å². The van der Waals surface area contributed by atoms with Crippen molar-refractivity contribution in [2.45, 2.75) is 51.0 Å². The summed E-state index contributed by atoms with van der Waals surface area (Å²) in [7, 11) is 0. The molecule has 0 spiro atoms. The number of ether oxygens (including phenoxy) is 1. The smallest absolute Gasteiger partial charge is 0.259 e. The SMILES string of the molecule is O=Cc1cc2[nH]c(=O)c3cnn(C4CCOCC4)c3c2cc1CC1=C(N2CCCC2)CCC=C1. The average Bonchev–Trinajstić information content (AvgIpc) is 3.56. The van der Waals surface area contributed by atoms with Gasteiger partial charge in [0.1, 0.15) is 6.29 Å². The van der Waals surface area contributed by atoms with Gasteiger partial charge in [-0.2, -0.15) is 5.10 Å². The first-order valence-corrected chi connectivity index (χ1v) is 12.5. The maximum Gasteiger partial charge on any atom is 0.259 e. The van der Waals surface area contributed by atoms with Gasteiger partial charge in [-0.15, -0.1) is 0 Å². The Morgan fingerprint density at radius 1 is 1.15 bits per heavy atom. The van der Waals surface area contributed by atoms with Crippen LogP contribution in [0.25, 0.3) is 21.8 Å². The van der Waals surface area contributed by atoms with Crippen LogP contribution in [0.15, 0.2) is 46.5 Å². The van der Waals surface area contributed by atoms with Crippen molar-refractivity contribution in [2.75, 3.05) is 26.3 Å². The van der Waals surface area contributed by atoms with Gasteiger partial charge < -0.3 is 14.6 Å². The molecule has 176 valence electrons. The fraction of sp³-hybridized carbons (Fsp3) is 0.444. The summed E-state index contributed by atoms with van der Waals surface area (Å²) in [4.78, 5) is 30.4. The molecule has 1 aromatic carbocycles. The van der Waals surface area contributed by atoms with E-state index in [1.165, 1.54) is 24.1 Å². The molecule has 7 heteroatoms. The van der Waals surface area contributed by atoms with Crippen molar-refractivity contribution in [1.29, 1.82) is 0 Å².